The summed E-state index contributed by atoms with van der Waals surface area (Å²) >= 11 is 0. The lowest BCUT2D eigenvalue weighted by atomic mass is 10.0. The molecule has 1 saturated heterocycles. The van der Waals surface area contributed by atoms with Gasteiger partial charge in [-0.25, -0.2) is 0 Å². The molecule has 4 heteroatoms. The van der Waals surface area contributed by atoms with Crippen molar-refractivity contribution in [2.45, 2.75) is 38.1 Å². The number of fused-ring (bicyclic) bond motifs is 1. The minimum atomic E-state index is 0.311. The summed E-state index contributed by atoms with van der Waals surface area (Å²) in [6.07, 6.45) is 5.68. The molecule has 0 bridgehead atoms. The number of nitrogens with zero attached hydrogens (tertiary/aromatic N) is 1. The molecule has 2 aliphatic rings. The Bertz CT molecular complexity index is 449. The van der Waals surface area contributed by atoms with Gasteiger partial charge >= 0.3 is 0 Å². The predicted octanol–water partition coefficient (Wildman–Crippen LogP) is 2.71. The third kappa shape index (κ3) is 2.91. The van der Waals surface area contributed by atoms with Gasteiger partial charge in [0, 0.05) is 12.6 Å². The molecule has 3 rings (SSSR count). The van der Waals surface area contributed by atoms with Crippen molar-refractivity contribution < 1.29 is 14.6 Å². The van der Waals surface area contributed by atoms with Crippen LogP contribution in [0.25, 0.3) is 0 Å². The van der Waals surface area contributed by atoms with Gasteiger partial charge in [-0.3, -0.25) is 4.90 Å². The summed E-state index contributed by atoms with van der Waals surface area (Å²) in [5, 5.41) is 8.84. The molecule has 0 aliphatic carbocycles. The van der Waals surface area contributed by atoms with Crippen molar-refractivity contribution in [1.82, 2.24) is 4.90 Å². The fraction of sp³-hybridized carbons (Fsp3) is 0.625. The van der Waals surface area contributed by atoms with Gasteiger partial charge in [0.25, 0.3) is 0 Å². The third-order valence-electron chi connectivity index (χ3n) is 4.25. The average Bonchev–Trinajstić information content (AvgIpc) is 3.11. The summed E-state index contributed by atoms with van der Waals surface area (Å²) in [4.78, 5) is 2.56. The van der Waals surface area contributed by atoms with Crippen LogP contribution in [0, 0.1) is 0 Å². The molecule has 0 spiro atoms. The van der Waals surface area contributed by atoms with Crippen molar-refractivity contribution in [3.63, 3.8) is 0 Å². The number of aliphatic hydroxyl groups is 1. The zero-order valence-corrected chi connectivity index (χ0v) is 11.9. The van der Waals surface area contributed by atoms with E-state index in [1.54, 1.807) is 0 Å². The molecule has 0 aromatic heterocycles. The highest BCUT2D eigenvalue weighted by molar-refractivity contribution is 5.45. The number of hydrogen-bond acceptors (Lipinski definition) is 4. The van der Waals surface area contributed by atoms with Gasteiger partial charge in [0.2, 0.25) is 6.79 Å². The fourth-order valence-corrected chi connectivity index (χ4v) is 3.20. The van der Waals surface area contributed by atoms with Crippen LogP contribution in [-0.4, -0.2) is 36.5 Å². The third-order valence-corrected chi connectivity index (χ3v) is 4.25. The van der Waals surface area contributed by atoms with Gasteiger partial charge in [0.15, 0.2) is 11.5 Å². The lowest BCUT2D eigenvalue weighted by molar-refractivity contribution is 0.173. The summed E-state index contributed by atoms with van der Waals surface area (Å²) in [5.74, 6) is 1.75. The van der Waals surface area contributed by atoms with Gasteiger partial charge in [-0.1, -0.05) is 6.07 Å². The molecule has 1 aromatic rings. The maximum absolute atomic E-state index is 8.84. The highest BCUT2D eigenvalue weighted by atomic mass is 16.7. The van der Waals surface area contributed by atoms with Crippen LogP contribution in [-0.2, 0) is 0 Å². The molecule has 1 N–H and O–H groups in total. The van der Waals surface area contributed by atoms with Crippen LogP contribution in [0.3, 0.4) is 0 Å². The maximum atomic E-state index is 8.84. The van der Waals surface area contributed by atoms with E-state index < -0.39 is 0 Å². The van der Waals surface area contributed by atoms with Gasteiger partial charge in [0.05, 0.1) is 0 Å². The molecule has 20 heavy (non-hydrogen) atoms. The Labute approximate surface area is 120 Å². The Morgan fingerprint density at radius 1 is 1.15 bits per heavy atom. The van der Waals surface area contributed by atoms with Crippen molar-refractivity contribution in [2.75, 3.05) is 26.5 Å². The van der Waals surface area contributed by atoms with Crippen LogP contribution in [0.4, 0.5) is 0 Å². The second-order valence-electron chi connectivity index (χ2n) is 5.59. The molecular formula is C16H23NO3. The Balaban J connectivity index is 1.63. The first-order valence-corrected chi connectivity index (χ1v) is 7.63. The van der Waals surface area contributed by atoms with Crippen LogP contribution in [0.15, 0.2) is 18.2 Å². The van der Waals surface area contributed by atoms with E-state index in [9.17, 15) is 0 Å². The molecule has 110 valence electrons. The van der Waals surface area contributed by atoms with E-state index in [4.69, 9.17) is 14.6 Å². The Morgan fingerprint density at radius 3 is 2.95 bits per heavy atom. The van der Waals surface area contributed by atoms with E-state index in [0.29, 0.717) is 19.4 Å². The Hall–Kier alpha value is -1.26. The number of aliphatic hydroxyl groups excluding tert-OH is 1. The van der Waals surface area contributed by atoms with E-state index in [1.165, 1.54) is 31.4 Å². The zero-order chi connectivity index (χ0) is 13.8. The van der Waals surface area contributed by atoms with Crippen molar-refractivity contribution >= 4 is 0 Å². The first kappa shape index (κ1) is 13.7. The summed E-state index contributed by atoms with van der Waals surface area (Å²) in [6.45, 7) is 2.96. The van der Waals surface area contributed by atoms with E-state index in [2.05, 4.69) is 17.0 Å². The van der Waals surface area contributed by atoms with Crippen LogP contribution in [0.2, 0.25) is 0 Å². The summed E-state index contributed by atoms with van der Waals surface area (Å²) in [5.41, 5.74) is 1.34. The number of ether oxygens (including phenoxy) is 2. The molecule has 2 heterocycles. The number of hydrogen-bond donors (Lipinski definition) is 1. The first-order chi connectivity index (χ1) is 9.88. The van der Waals surface area contributed by atoms with Crippen LogP contribution < -0.4 is 9.47 Å². The fourth-order valence-electron chi connectivity index (χ4n) is 3.20. The second kappa shape index (κ2) is 6.46. The van der Waals surface area contributed by atoms with Gasteiger partial charge < -0.3 is 14.6 Å². The molecule has 1 fully saturated rings. The molecule has 4 nitrogen and oxygen atoms in total. The lowest BCUT2D eigenvalue weighted by Crippen LogP contribution is -2.24. The lowest BCUT2D eigenvalue weighted by Gasteiger charge is -2.25. The number of unbranched alkanes of at least 4 members (excludes halogenated alkanes) is 2. The van der Waals surface area contributed by atoms with Gasteiger partial charge in [-0.15, -0.1) is 0 Å². The minimum absolute atomic E-state index is 0.311. The summed E-state index contributed by atoms with van der Waals surface area (Å²) in [6, 6.07) is 6.85. The van der Waals surface area contributed by atoms with Gasteiger partial charge in [-0.2, -0.15) is 0 Å². The SMILES string of the molecule is OCCCCCN1CCCC1c1ccc2c(c1)OCO2. The zero-order valence-electron chi connectivity index (χ0n) is 11.9. The first-order valence-electron chi connectivity index (χ1n) is 7.63. The molecule has 1 aromatic carbocycles. The predicted molar refractivity (Wildman–Crippen MR) is 77.0 cm³/mol. The number of rotatable bonds is 6. The van der Waals surface area contributed by atoms with E-state index in [0.717, 1.165) is 30.9 Å². The molecular weight excluding hydrogens is 254 g/mol. The second-order valence-corrected chi connectivity index (χ2v) is 5.59. The average molecular weight is 277 g/mol. The summed E-state index contributed by atoms with van der Waals surface area (Å²) in [7, 11) is 0. The van der Waals surface area contributed by atoms with Crippen molar-refractivity contribution in [3.8, 4) is 11.5 Å². The molecule has 1 atom stereocenters. The van der Waals surface area contributed by atoms with Crippen LogP contribution in [0.1, 0.15) is 43.7 Å². The largest absolute Gasteiger partial charge is 0.454 e. The standard InChI is InChI=1S/C16H23NO3/c18-10-3-1-2-8-17-9-4-5-14(17)13-6-7-15-16(11-13)20-12-19-15/h6-7,11,14,18H,1-5,8-10,12H2. The van der Waals surface area contributed by atoms with Crippen molar-refractivity contribution in [1.29, 1.82) is 0 Å². The van der Waals surface area contributed by atoms with E-state index in [-0.39, 0.29) is 0 Å². The quantitative estimate of drug-likeness (QED) is 0.812. The van der Waals surface area contributed by atoms with E-state index in [1.807, 2.05) is 6.07 Å². The van der Waals surface area contributed by atoms with Gasteiger partial charge in [-0.05, 0) is 62.9 Å². The molecule has 2 aliphatic heterocycles. The minimum Gasteiger partial charge on any atom is -0.454 e. The van der Waals surface area contributed by atoms with Crippen molar-refractivity contribution in [2.24, 2.45) is 0 Å². The number of benzene rings is 1. The Kier molecular flexibility index (Phi) is 4.43. The molecule has 0 amide bonds. The highest BCUT2D eigenvalue weighted by Crippen LogP contribution is 2.38. The normalized spacial score (nSPS) is 21.6. The molecule has 0 saturated carbocycles. The Morgan fingerprint density at radius 2 is 2.05 bits per heavy atom. The molecule has 0 radical (unpaired) electrons. The van der Waals surface area contributed by atoms with Crippen molar-refractivity contribution in [3.05, 3.63) is 23.8 Å². The van der Waals surface area contributed by atoms with Crippen LogP contribution in [0.5, 0.6) is 11.5 Å². The highest BCUT2D eigenvalue weighted by Gasteiger charge is 2.27. The summed E-state index contributed by atoms with van der Waals surface area (Å²) < 4.78 is 10.9. The maximum Gasteiger partial charge on any atom is 0.231 e. The van der Waals surface area contributed by atoms with Gasteiger partial charge in [0.1, 0.15) is 0 Å². The molecule has 1 unspecified atom stereocenters. The van der Waals surface area contributed by atoms with Crippen LogP contribution >= 0.6 is 0 Å². The topological polar surface area (TPSA) is 41.9 Å². The van der Waals surface area contributed by atoms with E-state index >= 15 is 0 Å². The smallest absolute Gasteiger partial charge is 0.231 e. The number of likely N-dealkylation sites (tertiary alicyclic amines) is 1. The monoisotopic (exact) mass is 277 g/mol.